The molecular weight excluding hydrogens is 455 g/mol. The molecule has 1 aromatic heterocycles. The lowest BCUT2D eigenvalue weighted by molar-refractivity contribution is 0.424. The van der Waals surface area contributed by atoms with Crippen molar-refractivity contribution >= 4 is 12.7 Å². The number of benzene rings is 4. The molecule has 0 aliphatic carbocycles. The van der Waals surface area contributed by atoms with Gasteiger partial charge in [-0.25, -0.2) is 4.98 Å². The van der Waals surface area contributed by atoms with Gasteiger partial charge in [0.1, 0.15) is 5.54 Å². The second kappa shape index (κ2) is 10.4. The van der Waals surface area contributed by atoms with E-state index in [9.17, 15) is 10.0 Å². The normalized spacial score (nSPS) is 11.9. The number of hydrogen-bond donors (Lipinski definition) is 2. The van der Waals surface area contributed by atoms with E-state index >= 15 is 0 Å². The van der Waals surface area contributed by atoms with Gasteiger partial charge in [-0.1, -0.05) is 109 Å². The topological polar surface area (TPSA) is 58.3 Å². The first-order valence-electron chi connectivity index (χ1n) is 12.4. The van der Waals surface area contributed by atoms with Crippen LogP contribution in [0.15, 0.2) is 128 Å². The van der Waals surface area contributed by atoms with E-state index in [0.29, 0.717) is 11.3 Å². The van der Waals surface area contributed by atoms with E-state index in [-0.39, 0.29) is 0 Å². The maximum atomic E-state index is 9.95. The number of imidazole rings is 1. The molecule has 0 bridgehead atoms. The van der Waals surface area contributed by atoms with Crippen LogP contribution in [0.2, 0.25) is 0 Å². The second-order valence-electron chi connectivity index (χ2n) is 9.22. The predicted octanol–water partition coefficient (Wildman–Crippen LogP) is 5.78. The quantitative estimate of drug-likeness (QED) is 0.227. The van der Waals surface area contributed by atoms with Crippen molar-refractivity contribution < 1.29 is 10.0 Å². The lowest BCUT2D eigenvalue weighted by Crippen LogP contribution is -2.36. The Balaban J connectivity index is 1.79. The lowest BCUT2D eigenvalue weighted by atomic mass is 9.76. The summed E-state index contributed by atoms with van der Waals surface area (Å²) < 4.78 is 2.13. The van der Waals surface area contributed by atoms with E-state index in [1.54, 1.807) is 0 Å². The average molecular weight is 484 g/mol. The van der Waals surface area contributed by atoms with Crippen LogP contribution in [0.1, 0.15) is 39.1 Å². The zero-order valence-electron chi connectivity index (χ0n) is 21.0. The molecule has 1 heterocycles. The third-order valence-electron chi connectivity index (χ3n) is 7.03. The van der Waals surface area contributed by atoms with Crippen molar-refractivity contribution in [3.8, 4) is 0 Å². The van der Waals surface area contributed by atoms with Gasteiger partial charge in [0.2, 0.25) is 0 Å². The van der Waals surface area contributed by atoms with Gasteiger partial charge in [-0.05, 0) is 53.2 Å². The number of nitrogens with zero attached hydrogens (tertiary/aromatic N) is 2. The zero-order valence-corrected chi connectivity index (χ0v) is 21.0. The summed E-state index contributed by atoms with van der Waals surface area (Å²) in [7, 11) is -1.61. The number of hydrogen-bond acceptors (Lipinski definition) is 3. The average Bonchev–Trinajstić information content (AvgIpc) is 3.42. The third kappa shape index (κ3) is 4.55. The maximum Gasteiger partial charge on any atom is 0.481 e. The van der Waals surface area contributed by atoms with Gasteiger partial charge >= 0.3 is 7.12 Å². The van der Waals surface area contributed by atoms with Crippen molar-refractivity contribution in [2.75, 3.05) is 0 Å². The highest BCUT2D eigenvalue weighted by Crippen LogP contribution is 2.41. The molecule has 0 aliphatic heterocycles. The Morgan fingerprint density at radius 2 is 1.24 bits per heavy atom. The van der Waals surface area contributed by atoms with Crippen LogP contribution in [0, 0.1) is 13.8 Å². The Hall–Kier alpha value is -4.19. The molecule has 0 unspecified atom stereocenters. The Labute approximate surface area is 218 Å². The summed E-state index contributed by atoms with van der Waals surface area (Å²) in [6.07, 6.45) is 3.84. The van der Waals surface area contributed by atoms with E-state index in [0.717, 1.165) is 33.4 Å². The maximum absolute atomic E-state index is 9.95. The molecule has 0 amide bonds. The zero-order chi connectivity index (χ0) is 25.8. The van der Waals surface area contributed by atoms with Gasteiger partial charge in [-0.2, -0.15) is 0 Å². The minimum Gasteiger partial charge on any atom is -0.424 e. The van der Waals surface area contributed by atoms with Crippen LogP contribution in [0.5, 0.6) is 0 Å². The molecular formula is C32H29BN2O2. The van der Waals surface area contributed by atoms with Gasteiger partial charge in [-0.3, -0.25) is 0 Å². The Kier molecular flexibility index (Phi) is 6.91. The molecule has 0 spiro atoms. The number of aryl methyl sites for hydroxylation is 1. The molecule has 0 aliphatic rings. The summed E-state index contributed by atoms with van der Waals surface area (Å²) in [4.78, 5) is 4.83. The van der Waals surface area contributed by atoms with Crippen LogP contribution in [0.4, 0.5) is 0 Å². The van der Waals surface area contributed by atoms with Crippen LogP contribution in [0.25, 0.3) is 5.57 Å². The summed E-state index contributed by atoms with van der Waals surface area (Å²) in [6, 6.07) is 37.2. The van der Waals surface area contributed by atoms with Crippen LogP contribution in [-0.2, 0) is 5.54 Å². The first kappa shape index (κ1) is 24.5. The predicted molar refractivity (Wildman–Crippen MR) is 150 cm³/mol. The van der Waals surface area contributed by atoms with Crippen LogP contribution in [-0.4, -0.2) is 26.7 Å². The first-order chi connectivity index (χ1) is 18.0. The summed E-state index contributed by atoms with van der Waals surface area (Å²) >= 11 is 0. The molecule has 5 aromatic rings. The molecule has 0 saturated heterocycles. The van der Waals surface area contributed by atoms with E-state index in [1.807, 2.05) is 49.8 Å². The van der Waals surface area contributed by atoms with E-state index in [2.05, 4.69) is 90.4 Å². The Morgan fingerprint density at radius 1 is 0.730 bits per heavy atom. The fourth-order valence-corrected chi connectivity index (χ4v) is 5.14. The van der Waals surface area contributed by atoms with E-state index in [1.165, 1.54) is 5.98 Å². The Morgan fingerprint density at radius 3 is 1.73 bits per heavy atom. The van der Waals surface area contributed by atoms with Crippen molar-refractivity contribution in [3.05, 3.63) is 167 Å². The summed E-state index contributed by atoms with van der Waals surface area (Å²) in [5.41, 5.74) is 7.05. The fraction of sp³-hybridized carbons (Fsp3) is 0.0938. The van der Waals surface area contributed by atoms with Gasteiger partial charge < -0.3 is 14.6 Å². The second-order valence-corrected chi connectivity index (χ2v) is 9.22. The van der Waals surface area contributed by atoms with Crippen LogP contribution >= 0.6 is 0 Å². The van der Waals surface area contributed by atoms with Crippen molar-refractivity contribution in [2.24, 2.45) is 0 Å². The fourth-order valence-electron chi connectivity index (χ4n) is 5.14. The summed E-state index contributed by atoms with van der Waals surface area (Å²) in [6.45, 7) is 4.09. The molecule has 182 valence electrons. The van der Waals surface area contributed by atoms with Crippen LogP contribution < -0.4 is 0 Å². The molecule has 0 atom stereocenters. The molecule has 4 nitrogen and oxygen atoms in total. The largest absolute Gasteiger partial charge is 0.481 e. The monoisotopic (exact) mass is 484 g/mol. The smallest absolute Gasteiger partial charge is 0.424 e. The van der Waals surface area contributed by atoms with Crippen LogP contribution in [0.3, 0.4) is 0 Å². The van der Waals surface area contributed by atoms with E-state index < -0.39 is 12.7 Å². The molecule has 5 heteroatoms. The highest BCUT2D eigenvalue weighted by atomic mass is 16.4. The number of aromatic nitrogens is 2. The molecule has 2 N–H and O–H groups in total. The van der Waals surface area contributed by atoms with Gasteiger partial charge in [0.25, 0.3) is 0 Å². The van der Waals surface area contributed by atoms with Crippen molar-refractivity contribution in [3.63, 3.8) is 0 Å². The molecule has 0 radical (unpaired) electrons. The number of rotatable bonds is 7. The minimum atomic E-state index is -1.61. The Bertz CT molecular complexity index is 1410. The standard InChI is InChI=1S/C32H29BN2O2/c1-24-13-12-20-29(25(24)2)30(21-33(36)37)31-22-35(23-34-31)32(26-14-6-3-7-15-26,27-16-8-4-9-17-27)28-18-10-5-11-19-28/h3-23,36-37H,1-2H3/b30-21-. The highest BCUT2D eigenvalue weighted by molar-refractivity contribution is 6.49. The highest BCUT2D eigenvalue weighted by Gasteiger charge is 2.38. The van der Waals surface area contributed by atoms with Gasteiger partial charge in [0, 0.05) is 11.8 Å². The third-order valence-corrected chi connectivity index (χ3v) is 7.03. The lowest BCUT2D eigenvalue weighted by Gasteiger charge is -2.37. The van der Waals surface area contributed by atoms with Gasteiger partial charge in [0.05, 0.1) is 12.0 Å². The SMILES string of the molecule is Cc1cccc(/C(=C/B(O)O)c2cn(C(c3ccccc3)(c3ccccc3)c3ccccc3)cn2)c1C. The summed E-state index contributed by atoms with van der Waals surface area (Å²) in [5, 5.41) is 19.9. The summed E-state index contributed by atoms with van der Waals surface area (Å²) in [5.74, 6) is 1.45. The van der Waals surface area contributed by atoms with Gasteiger partial charge in [-0.15, -0.1) is 0 Å². The minimum absolute atomic E-state index is 0.661. The molecule has 5 rings (SSSR count). The van der Waals surface area contributed by atoms with Crippen molar-refractivity contribution in [2.45, 2.75) is 19.4 Å². The molecule has 0 fully saturated rings. The first-order valence-corrected chi connectivity index (χ1v) is 12.4. The van der Waals surface area contributed by atoms with Crippen molar-refractivity contribution in [1.82, 2.24) is 9.55 Å². The van der Waals surface area contributed by atoms with E-state index in [4.69, 9.17) is 4.98 Å². The van der Waals surface area contributed by atoms with Crippen molar-refractivity contribution in [1.29, 1.82) is 0 Å². The molecule has 0 saturated carbocycles. The molecule has 4 aromatic carbocycles. The molecule has 37 heavy (non-hydrogen) atoms. The van der Waals surface area contributed by atoms with Gasteiger partial charge in [0.15, 0.2) is 0 Å².